The topological polar surface area (TPSA) is 67.4 Å². The minimum absolute atomic E-state index is 0.0215. The molecule has 1 unspecified atom stereocenters. The summed E-state index contributed by atoms with van der Waals surface area (Å²) in [6.45, 7) is 3.42. The summed E-state index contributed by atoms with van der Waals surface area (Å²) in [7, 11) is 1.12. The summed E-state index contributed by atoms with van der Waals surface area (Å²) in [5, 5.41) is 4.39. The fraction of sp³-hybridized carbons (Fsp3) is 0.333. The zero-order valence-corrected chi connectivity index (χ0v) is 12.7. The van der Waals surface area contributed by atoms with Crippen LogP contribution in [0.5, 0.6) is 0 Å². The van der Waals surface area contributed by atoms with Crippen molar-refractivity contribution in [1.29, 1.82) is 0 Å². The second-order valence-electron chi connectivity index (χ2n) is 4.99. The van der Waals surface area contributed by atoms with Crippen molar-refractivity contribution in [3.05, 3.63) is 42.5 Å². The average molecular weight is 330 g/mol. The quantitative estimate of drug-likeness (QED) is 0.788. The number of methoxy groups -OCH3 is 1. The van der Waals surface area contributed by atoms with Crippen LogP contribution in [0, 0.1) is 0 Å². The Hall–Kier alpha value is -2.35. The predicted octanol–water partition coefficient (Wildman–Crippen LogP) is 2.51. The number of halogens is 3. The second-order valence-corrected chi connectivity index (χ2v) is 4.99. The molecular weight excluding hydrogens is 313 g/mol. The molecule has 0 bridgehead atoms. The minimum Gasteiger partial charge on any atom is -0.382 e. The lowest BCUT2D eigenvalue weighted by atomic mass is 10.0. The Morgan fingerprint density at radius 2 is 1.83 bits per heavy atom. The van der Waals surface area contributed by atoms with Crippen LogP contribution in [0.4, 0.5) is 18.9 Å². The molecule has 2 N–H and O–H groups in total. The molecule has 1 atom stereocenters. The van der Waals surface area contributed by atoms with Gasteiger partial charge in [0.25, 0.3) is 5.91 Å². The van der Waals surface area contributed by atoms with Gasteiger partial charge >= 0.3 is 6.18 Å². The summed E-state index contributed by atoms with van der Waals surface area (Å²) in [6, 6.07) is 5.41. The van der Waals surface area contributed by atoms with Crippen LogP contribution in [0.2, 0.25) is 0 Å². The molecule has 0 fully saturated rings. The zero-order valence-electron chi connectivity index (χ0n) is 12.7. The van der Waals surface area contributed by atoms with Gasteiger partial charge in [-0.25, -0.2) is 0 Å². The van der Waals surface area contributed by atoms with E-state index in [1.54, 1.807) is 0 Å². The largest absolute Gasteiger partial charge is 0.413 e. The number of nitrogens with one attached hydrogen (secondary N) is 2. The molecule has 0 radical (unpaired) electrons. The highest BCUT2D eigenvalue weighted by Gasteiger charge is 2.52. The maximum absolute atomic E-state index is 13.1. The summed E-state index contributed by atoms with van der Waals surface area (Å²) in [6.07, 6.45) is -3.60. The minimum atomic E-state index is -4.67. The lowest BCUT2D eigenvalue weighted by Crippen LogP contribution is -2.59. The molecule has 0 aliphatic carbocycles. The number of carbonyl (C=O) groups excluding carboxylic acids is 2. The van der Waals surface area contributed by atoms with Crippen LogP contribution < -0.4 is 10.6 Å². The Bertz CT molecular complexity index is 585. The number of hydrogen-bond acceptors (Lipinski definition) is 3. The molecule has 2 amide bonds. The third-order valence-corrected chi connectivity index (χ3v) is 3.05. The highest BCUT2D eigenvalue weighted by molar-refractivity contribution is 5.99. The van der Waals surface area contributed by atoms with Crippen molar-refractivity contribution in [3.8, 4) is 0 Å². The van der Waals surface area contributed by atoms with Crippen LogP contribution in [0.15, 0.2) is 36.9 Å². The summed E-state index contributed by atoms with van der Waals surface area (Å²) < 4.78 is 43.7. The number of anilines is 1. The van der Waals surface area contributed by atoms with Crippen LogP contribution in [0.3, 0.4) is 0 Å². The number of benzene rings is 1. The third-order valence-electron chi connectivity index (χ3n) is 3.05. The lowest BCUT2D eigenvalue weighted by Gasteiger charge is -2.32. The van der Waals surface area contributed by atoms with Gasteiger partial charge in [-0.3, -0.25) is 9.59 Å². The molecule has 0 saturated heterocycles. The monoisotopic (exact) mass is 330 g/mol. The van der Waals surface area contributed by atoms with E-state index in [2.05, 4.69) is 16.6 Å². The van der Waals surface area contributed by atoms with Gasteiger partial charge < -0.3 is 15.4 Å². The number of carbonyl (C=O) groups is 2. The third kappa shape index (κ3) is 4.82. The van der Waals surface area contributed by atoms with E-state index < -0.39 is 30.1 Å². The molecule has 23 heavy (non-hydrogen) atoms. The zero-order chi connectivity index (χ0) is 17.7. The van der Waals surface area contributed by atoms with Gasteiger partial charge in [0, 0.05) is 18.4 Å². The first kappa shape index (κ1) is 18.7. The molecule has 0 saturated carbocycles. The maximum Gasteiger partial charge on any atom is 0.413 e. The molecule has 1 rings (SSSR count). The van der Waals surface area contributed by atoms with Crippen molar-refractivity contribution < 1.29 is 27.5 Å². The SMILES string of the molecule is C=CC(=O)Nc1ccc(C(=O)NC(C)(COC)C(F)(F)F)cc1. The molecule has 0 spiro atoms. The van der Waals surface area contributed by atoms with Crippen molar-refractivity contribution in [1.82, 2.24) is 5.32 Å². The van der Waals surface area contributed by atoms with Gasteiger partial charge in [-0.05, 0) is 37.3 Å². The highest BCUT2D eigenvalue weighted by Crippen LogP contribution is 2.30. The maximum atomic E-state index is 13.1. The molecule has 0 aliphatic rings. The molecule has 0 aromatic heterocycles. The van der Waals surface area contributed by atoms with Gasteiger partial charge in [-0.2, -0.15) is 13.2 Å². The van der Waals surface area contributed by atoms with Crippen LogP contribution >= 0.6 is 0 Å². The van der Waals surface area contributed by atoms with Gasteiger partial charge in [0.1, 0.15) is 0 Å². The standard InChI is InChI=1S/C15H17F3N2O3/c1-4-12(21)19-11-7-5-10(6-8-11)13(22)20-14(2,9-23-3)15(16,17)18/h4-8H,1,9H2,2-3H3,(H,19,21)(H,20,22). The molecule has 126 valence electrons. The van der Waals surface area contributed by atoms with Gasteiger partial charge in [0.15, 0.2) is 5.54 Å². The Morgan fingerprint density at radius 1 is 1.26 bits per heavy atom. The van der Waals surface area contributed by atoms with E-state index in [1.807, 2.05) is 5.32 Å². The van der Waals surface area contributed by atoms with Crippen molar-refractivity contribution in [2.45, 2.75) is 18.6 Å². The smallest absolute Gasteiger partial charge is 0.382 e. The first-order valence-corrected chi connectivity index (χ1v) is 6.54. The van der Waals surface area contributed by atoms with Gasteiger partial charge in [0.2, 0.25) is 5.91 Å². The summed E-state index contributed by atoms with van der Waals surface area (Å²) in [4.78, 5) is 23.1. The highest BCUT2D eigenvalue weighted by atomic mass is 19.4. The molecule has 0 aliphatic heterocycles. The Balaban J connectivity index is 2.88. The van der Waals surface area contributed by atoms with Crippen LogP contribution in [-0.4, -0.2) is 37.2 Å². The number of amides is 2. The number of rotatable bonds is 6. The van der Waals surface area contributed by atoms with Gasteiger partial charge in [0.05, 0.1) is 6.61 Å². The van der Waals surface area contributed by atoms with Crippen molar-refractivity contribution in [2.75, 3.05) is 19.0 Å². The molecule has 1 aromatic carbocycles. The van der Waals surface area contributed by atoms with E-state index in [1.165, 1.54) is 24.3 Å². The van der Waals surface area contributed by atoms with E-state index >= 15 is 0 Å². The fourth-order valence-corrected chi connectivity index (χ4v) is 1.70. The first-order valence-electron chi connectivity index (χ1n) is 6.54. The molecular formula is C15H17F3N2O3. The van der Waals surface area contributed by atoms with Crippen molar-refractivity contribution in [3.63, 3.8) is 0 Å². The molecule has 8 heteroatoms. The van der Waals surface area contributed by atoms with Gasteiger partial charge in [-0.15, -0.1) is 0 Å². The van der Waals surface area contributed by atoms with E-state index in [0.29, 0.717) is 5.69 Å². The summed E-state index contributed by atoms with van der Waals surface area (Å²) in [5.74, 6) is -1.34. The van der Waals surface area contributed by atoms with E-state index in [4.69, 9.17) is 0 Å². The number of ether oxygens (including phenoxy) is 1. The Kier molecular flexibility index (Phi) is 5.91. The average Bonchev–Trinajstić information content (AvgIpc) is 2.46. The van der Waals surface area contributed by atoms with E-state index in [0.717, 1.165) is 20.1 Å². The number of hydrogen-bond donors (Lipinski definition) is 2. The Labute approximate surface area is 131 Å². The lowest BCUT2D eigenvalue weighted by molar-refractivity contribution is -0.200. The first-order chi connectivity index (χ1) is 10.6. The Morgan fingerprint density at radius 3 is 2.26 bits per heavy atom. The van der Waals surface area contributed by atoms with Gasteiger partial charge in [-0.1, -0.05) is 6.58 Å². The molecule has 0 heterocycles. The molecule has 5 nitrogen and oxygen atoms in total. The normalized spacial score (nSPS) is 13.8. The van der Waals surface area contributed by atoms with Crippen LogP contribution in [0.25, 0.3) is 0 Å². The predicted molar refractivity (Wildman–Crippen MR) is 79.1 cm³/mol. The fourth-order valence-electron chi connectivity index (χ4n) is 1.70. The van der Waals surface area contributed by atoms with Crippen LogP contribution in [-0.2, 0) is 9.53 Å². The summed E-state index contributed by atoms with van der Waals surface area (Å²) >= 11 is 0. The van der Waals surface area contributed by atoms with Crippen molar-refractivity contribution >= 4 is 17.5 Å². The molecule has 1 aromatic rings. The summed E-state index contributed by atoms with van der Waals surface area (Å²) in [5.41, 5.74) is -2.09. The van der Waals surface area contributed by atoms with Crippen molar-refractivity contribution in [2.24, 2.45) is 0 Å². The second kappa shape index (κ2) is 7.28. The van der Waals surface area contributed by atoms with Crippen LogP contribution in [0.1, 0.15) is 17.3 Å². The van der Waals surface area contributed by atoms with E-state index in [9.17, 15) is 22.8 Å². The van der Waals surface area contributed by atoms with E-state index in [-0.39, 0.29) is 5.56 Å². The number of alkyl halides is 3.